The molecule has 8 heteroatoms. The molecule has 1 aliphatic heterocycles. The fraction of sp³-hybridized carbons (Fsp3) is 0.353. The van der Waals surface area contributed by atoms with E-state index >= 15 is 0 Å². The normalized spacial score (nSPS) is 16.6. The topological polar surface area (TPSA) is 105 Å². The number of phenols is 1. The number of hydrogen-bond acceptors (Lipinski definition) is 5. The minimum absolute atomic E-state index is 0.0590. The molecular formula is C17H20N4O4. The van der Waals surface area contributed by atoms with Crippen LogP contribution in [0.15, 0.2) is 24.4 Å². The summed E-state index contributed by atoms with van der Waals surface area (Å²) < 4.78 is 6.79. The first-order valence-electron chi connectivity index (χ1n) is 7.97. The fourth-order valence-electron chi connectivity index (χ4n) is 2.70. The lowest BCUT2D eigenvalue weighted by molar-refractivity contribution is 0.0927. The Labute approximate surface area is 144 Å². The summed E-state index contributed by atoms with van der Waals surface area (Å²) in [4.78, 5) is 24.9. The van der Waals surface area contributed by atoms with Crippen LogP contribution in [0.4, 0.5) is 5.82 Å². The molecule has 2 aromatic rings. The fourth-order valence-corrected chi connectivity index (χ4v) is 2.70. The van der Waals surface area contributed by atoms with Crippen LogP contribution in [0.5, 0.6) is 5.75 Å². The molecule has 8 nitrogen and oxygen atoms in total. The molecule has 3 N–H and O–H groups in total. The Morgan fingerprint density at radius 1 is 1.32 bits per heavy atom. The van der Waals surface area contributed by atoms with Gasteiger partial charge in [-0.25, -0.2) is 0 Å². The Hall–Kier alpha value is -2.87. The maximum Gasteiger partial charge on any atom is 0.257 e. The van der Waals surface area contributed by atoms with Crippen molar-refractivity contribution in [2.45, 2.75) is 19.4 Å². The van der Waals surface area contributed by atoms with E-state index in [9.17, 15) is 14.7 Å². The van der Waals surface area contributed by atoms with Crippen LogP contribution in [0.1, 0.15) is 32.7 Å². The van der Waals surface area contributed by atoms with Gasteiger partial charge in [0.1, 0.15) is 5.75 Å². The number of ether oxygens (including phenoxy) is 1. The predicted molar refractivity (Wildman–Crippen MR) is 90.7 cm³/mol. The highest BCUT2D eigenvalue weighted by Gasteiger charge is 2.22. The van der Waals surface area contributed by atoms with E-state index < -0.39 is 11.8 Å². The van der Waals surface area contributed by atoms with E-state index in [1.807, 2.05) is 0 Å². The van der Waals surface area contributed by atoms with Gasteiger partial charge in [0.15, 0.2) is 5.82 Å². The van der Waals surface area contributed by atoms with Crippen molar-refractivity contribution in [3.8, 4) is 5.75 Å². The predicted octanol–water partition coefficient (Wildman–Crippen LogP) is 1.21. The number of carbonyl (C=O) groups excluding carboxylic acids is 2. The molecule has 0 aliphatic carbocycles. The third kappa shape index (κ3) is 3.80. The molecule has 2 heterocycles. The van der Waals surface area contributed by atoms with Crippen LogP contribution in [-0.4, -0.2) is 46.0 Å². The zero-order valence-corrected chi connectivity index (χ0v) is 14.1. The van der Waals surface area contributed by atoms with Crippen LogP contribution in [0, 0.1) is 6.92 Å². The van der Waals surface area contributed by atoms with Crippen molar-refractivity contribution in [1.29, 1.82) is 0 Å². The van der Waals surface area contributed by atoms with Crippen molar-refractivity contribution in [3.63, 3.8) is 0 Å². The summed E-state index contributed by atoms with van der Waals surface area (Å²) in [5.74, 6) is -0.577. The van der Waals surface area contributed by atoms with Gasteiger partial charge < -0.3 is 20.5 Å². The molecule has 132 valence electrons. The highest BCUT2D eigenvalue weighted by Crippen LogP contribution is 2.23. The average molecular weight is 344 g/mol. The Morgan fingerprint density at radius 3 is 2.76 bits per heavy atom. The number of aromatic hydroxyl groups is 1. The third-order valence-electron chi connectivity index (χ3n) is 4.05. The summed E-state index contributed by atoms with van der Waals surface area (Å²) in [6, 6.07) is 4.39. The monoisotopic (exact) mass is 344 g/mol. The maximum atomic E-state index is 12.5. The van der Waals surface area contributed by atoms with Crippen molar-refractivity contribution in [3.05, 3.63) is 41.1 Å². The van der Waals surface area contributed by atoms with Crippen molar-refractivity contribution in [2.24, 2.45) is 7.05 Å². The summed E-state index contributed by atoms with van der Waals surface area (Å²) in [6.07, 6.45) is 2.44. The minimum Gasteiger partial charge on any atom is -0.507 e. The molecule has 1 atom stereocenters. The molecule has 3 rings (SSSR count). The highest BCUT2D eigenvalue weighted by molar-refractivity contribution is 6.07. The molecule has 25 heavy (non-hydrogen) atoms. The summed E-state index contributed by atoms with van der Waals surface area (Å²) in [7, 11) is 1.75. The third-order valence-corrected chi connectivity index (χ3v) is 4.05. The van der Waals surface area contributed by atoms with E-state index in [0.29, 0.717) is 30.2 Å². The van der Waals surface area contributed by atoms with Gasteiger partial charge in [-0.2, -0.15) is 5.10 Å². The van der Waals surface area contributed by atoms with E-state index in [4.69, 9.17) is 4.74 Å². The summed E-state index contributed by atoms with van der Waals surface area (Å²) in [6.45, 7) is 2.74. The number of phenolic OH excluding ortho intramolecular Hbond substituents is 1. The average Bonchev–Trinajstić information content (AvgIpc) is 3.19. The number of anilines is 1. The first-order chi connectivity index (χ1) is 11.9. The largest absolute Gasteiger partial charge is 0.507 e. The molecular weight excluding hydrogens is 324 g/mol. The SMILES string of the molecule is Cc1cc(O)c(C(=O)N[C@@H]2CCOC2)cc1C(=O)Nc1ccn(C)n1. The summed E-state index contributed by atoms with van der Waals surface area (Å²) in [5, 5.41) is 19.7. The van der Waals surface area contributed by atoms with E-state index in [1.165, 1.54) is 12.1 Å². The molecule has 1 aliphatic rings. The van der Waals surface area contributed by atoms with Crippen LogP contribution in [-0.2, 0) is 11.8 Å². The number of nitrogens with one attached hydrogen (secondary N) is 2. The first kappa shape index (κ1) is 17.0. The van der Waals surface area contributed by atoms with Gasteiger partial charge in [-0.05, 0) is 31.0 Å². The Balaban J connectivity index is 1.81. The van der Waals surface area contributed by atoms with Crippen molar-refractivity contribution in [2.75, 3.05) is 18.5 Å². The summed E-state index contributed by atoms with van der Waals surface area (Å²) >= 11 is 0. The lowest BCUT2D eigenvalue weighted by Gasteiger charge is -2.14. The quantitative estimate of drug-likeness (QED) is 0.773. The standard InChI is InChI=1S/C17H20N4O4/c1-10-7-14(22)13(17(24)18-11-4-6-25-9-11)8-12(10)16(23)19-15-3-5-21(2)20-15/h3,5,7-8,11,22H,4,6,9H2,1-2H3,(H,18,24)(H,19,20,23)/t11-/m1/s1. The molecule has 1 saturated heterocycles. The van der Waals surface area contributed by atoms with Crippen LogP contribution >= 0.6 is 0 Å². The molecule has 0 unspecified atom stereocenters. The van der Waals surface area contributed by atoms with Gasteiger partial charge in [0.25, 0.3) is 11.8 Å². The second-order valence-electron chi connectivity index (χ2n) is 6.05. The number of benzene rings is 1. The van der Waals surface area contributed by atoms with Crippen LogP contribution < -0.4 is 10.6 Å². The van der Waals surface area contributed by atoms with E-state index in [-0.39, 0.29) is 17.4 Å². The maximum absolute atomic E-state index is 12.5. The molecule has 0 bridgehead atoms. The van der Waals surface area contributed by atoms with Gasteiger partial charge in [-0.15, -0.1) is 0 Å². The second-order valence-corrected chi connectivity index (χ2v) is 6.05. The van der Waals surface area contributed by atoms with Gasteiger partial charge in [-0.3, -0.25) is 14.3 Å². The number of amides is 2. The Morgan fingerprint density at radius 2 is 2.12 bits per heavy atom. The highest BCUT2D eigenvalue weighted by atomic mass is 16.5. The minimum atomic E-state index is -0.431. The van der Waals surface area contributed by atoms with Gasteiger partial charge in [-0.1, -0.05) is 0 Å². The smallest absolute Gasteiger partial charge is 0.257 e. The van der Waals surface area contributed by atoms with Crippen molar-refractivity contribution < 1.29 is 19.4 Å². The van der Waals surface area contributed by atoms with Crippen molar-refractivity contribution >= 4 is 17.6 Å². The van der Waals surface area contributed by atoms with Crippen molar-refractivity contribution in [1.82, 2.24) is 15.1 Å². The number of rotatable bonds is 4. The zero-order chi connectivity index (χ0) is 18.0. The van der Waals surface area contributed by atoms with E-state index in [1.54, 1.807) is 30.9 Å². The number of hydrogen-bond donors (Lipinski definition) is 3. The lowest BCUT2D eigenvalue weighted by atomic mass is 10.0. The lowest BCUT2D eigenvalue weighted by Crippen LogP contribution is -2.35. The molecule has 1 aromatic carbocycles. The summed E-state index contributed by atoms with van der Waals surface area (Å²) in [5.41, 5.74) is 0.923. The van der Waals surface area contributed by atoms with Crippen LogP contribution in [0.25, 0.3) is 0 Å². The molecule has 1 fully saturated rings. The second kappa shape index (κ2) is 6.94. The van der Waals surface area contributed by atoms with Crippen LogP contribution in [0.2, 0.25) is 0 Å². The molecule has 0 radical (unpaired) electrons. The number of carbonyl (C=O) groups is 2. The van der Waals surface area contributed by atoms with Gasteiger partial charge in [0.2, 0.25) is 0 Å². The van der Waals surface area contributed by atoms with Crippen LogP contribution in [0.3, 0.4) is 0 Å². The Kier molecular flexibility index (Phi) is 4.71. The van der Waals surface area contributed by atoms with E-state index in [2.05, 4.69) is 15.7 Å². The van der Waals surface area contributed by atoms with E-state index in [0.717, 1.165) is 6.42 Å². The number of nitrogens with zero attached hydrogens (tertiary/aromatic N) is 2. The van der Waals surface area contributed by atoms with Gasteiger partial charge >= 0.3 is 0 Å². The number of aromatic nitrogens is 2. The molecule has 1 aromatic heterocycles. The van der Waals surface area contributed by atoms with Gasteiger partial charge in [0.05, 0.1) is 18.2 Å². The number of aryl methyl sites for hydroxylation is 2. The van der Waals surface area contributed by atoms with Gasteiger partial charge in [0, 0.05) is 31.5 Å². The first-order valence-corrected chi connectivity index (χ1v) is 7.97. The zero-order valence-electron chi connectivity index (χ0n) is 14.1. The Bertz CT molecular complexity index is 809. The molecule has 0 saturated carbocycles. The molecule has 0 spiro atoms. The molecule has 2 amide bonds.